The Morgan fingerprint density at radius 1 is 1.21 bits per heavy atom. The Hall–Kier alpha value is -1.33. The molecule has 0 radical (unpaired) electrons. The highest BCUT2D eigenvalue weighted by Gasteiger charge is 2.11. The Labute approximate surface area is 121 Å². The number of carbonyl (C=O) groups is 1. The van der Waals surface area contributed by atoms with Crippen LogP contribution in [-0.2, 0) is 13.0 Å². The Bertz CT molecular complexity index is 480. The van der Waals surface area contributed by atoms with Crippen LogP contribution in [0.3, 0.4) is 0 Å². The Balaban J connectivity index is 1.76. The summed E-state index contributed by atoms with van der Waals surface area (Å²) in [5, 5.41) is 7.08. The van der Waals surface area contributed by atoms with Crippen LogP contribution < -0.4 is 5.32 Å². The molecule has 0 fully saturated rings. The first kappa shape index (κ1) is 14.1. The summed E-state index contributed by atoms with van der Waals surface area (Å²) < 4.78 is 0. The zero-order chi connectivity index (χ0) is 13.5. The first-order chi connectivity index (χ1) is 9.29. The molecule has 0 spiro atoms. The molecule has 0 bridgehead atoms. The van der Waals surface area contributed by atoms with E-state index in [9.17, 15) is 4.79 Å². The third kappa shape index (κ3) is 4.36. The molecule has 19 heavy (non-hydrogen) atoms. The lowest BCUT2D eigenvalue weighted by Crippen LogP contribution is -2.40. The standard InChI is InChI=1S/C14H18N2OS2/c1-2-16(11-13-6-4-10-19-13)14(17)15-8-7-12-5-3-9-18-12/h3-6,9-10H,2,7-8,11H2,1H3,(H,15,17). The molecule has 2 aromatic rings. The first-order valence-corrected chi connectivity index (χ1v) is 8.13. The molecule has 0 aromatic carbocycles. The molecule has 0 aliphatic heterocycles. The van der Waals surface area contributed by atoms with Crippen LogP contribution in [0.4, 0.5) is 4.79 Å². The monoisotopic (exact) mass is 294 g/mol. The number of carbonyl (C=O) groups excluding carboxylic acids is 1. The van der Waals surface area contributed by atoms with Crippen molar-refractivity contribution >= 4 is 28.7 Å². The smallest absolute Gasteiger partial charge is 0.317 e. The number of urea groups is 1. The second-order valence-electron chi connectivity index (χ2n) is 4.15. The molecule has 5 heteroatoms. The molecule has 2 amide bonds. The predicted molar refractivity (Wildman–Crippen MR) is 81.8 cm³/mol. The lowest BCUT2D eigenvalue weighted by molar-refractivity contribution is 0.199. The molecule has 0 aliphatic carbocycles. The largest absolute Gasteiger partial charge is 0.338 e. The molecule has 0 atom stereocenters. The highest BCUT2D eigenvalue weighted by molar-refractivity contribution is 7.10. The lowest BCUT2D eigenvalue weighted by atomic mass is 10.3. The quantitative estimate of drug-likeness (QED) is 0.867. The summed E-state index contributed by atoms with van der Waals surface area (Å²) in [4.78, 5) is 16.4. The molecule has 3 nitrogen and oxygen atoms in total. The molecule has 102 valence electrons. The van der Waals surface area contributed by atoms with Gasteiger partial charge in [-0.05, 0) is 36.2 Å². The third-order valence-electron chi connectivity index (χ3n) is 2.82. The summed E-state index contributed by atoms with van der Waals surface area (Å²) in [6.45, 7) is 4.12. The number of thiophene rings is 2. The van der Waals surface area contributed by atoms with Gasteiger partial charge in [0.2, 0.25) is 0 Å². The van der Waals surface area contributed by atoms with Gasteiger partial charge in [-0.25, -0.2) is 4.79 Å². The maximum absolute atomic E-state index is 12.1. The Morgan fingerprint density at radius 3 is 2.47 bits per heavy atom. The van der Waals surface area contributed by atoms with Gasteiger partial charge in [-0.2, -0.15) is 0 Å². The van der Waals surface area contributed by atoms with E-state index in [0.29, 0.717) is 13.1 Å². The average molecular weight is 294 g/mol. The van der Waals surface area contributed by atoms with Gasteiger partial charge in [-0.1, -0.05) is 12.1 Å². The van der Waals surface area contributed by atoms with Crippen LogP contribution in [0.1, 0.15) is 16.7 Å². The van der Waals surface area contributed by atoms with E-state index in [2.05, 4.69) is 22.8 Å². The fourth-order valence-corrected chi connectivity index (χ4v) is 3.21. The van der Waals surface area contributed by atoms with Gasteiger partial charge in [0.25, 0.3) is 0 Å². The summed E-state index contributed by atoms with van der Waals surface area (Å²) in [6, 6.07) is 8.23. The molecule has 0 saturated carbocycles. The average Bonchev–Trinajstić information content (AvgIpc) is 3.08. The maximum Gasteiger partial charge on any atom is 0.317 e. The lowest BCUT2D eigenvalue weighted by Gasteiger charge is -2.20. The van der Waals surface area contributed by atoms with Gasteiger partial charge in [0.05, 0.1) is 6.54 Å². The number of hydrogen-bond acceptors (Lipinski definition) is 3. The van der Waals surface area contributed by atoms with Crippen molar-refractivity contribution in [2.75, 3.05) is 13.1 Å². The van der Waals surface area contributed by atoms with Crippen LogP contribution in [0.25, 0.3) is 0 Å². The second kappa shape index (κ2) is 7.31. The number of rotatable bonds is 6. The molecule has 2 rings (SSSR count). The predicted octanol–water partition coefficient (Wildman–Crippen LogP) is 3.58. The van der Waals surface area contributed by atoms with Crippen LogP contribution in [0.2, 0.25) is 0 Å². The minimum absolute atomic E-state index is 0.0208. The van der Waals surface area contributed by atoms with Gasteiger partial charge in [-0.15, -0.1) is 22.7 Å². The van der Waals surface area contributed by atoms with Gasteiger partial charge < -0.3 is 10.2 Å². The summed E-state index contributed by atoms with van der Waals surface area (Å²) in [5.41, 5.74) is 0. The van der Waals surface area contributed by atoms with Gasteiger partial charge in [0.1, 0.15) is 0 Å². The minimum atomic E-state index is 0.0208. The van der Waals surface area contributed by atoms with Crippen molar-refractivity contribution in [1.82, 2.24) is 10.2 Å². The van der Waals surface area contributed by atoms with Crippen molar-refractivity contribution < 1.29 is 4.79 Å². The van der Waals surface area contributed by atoms with Crippen molar-refractivity contribution in [3.63, 3.8) is 0 Å². The number of amides is 2. The zero-order valence-corrected chi connectivity index (χ0v) is 12.6. The van der Waals surface area contributed by atoms with Crippen LogP contribution in [0, 0.1) is 0 Å². The third-order valence-corrected chi connectivity index (χ3v) is 4.62. The van der Waals surface area contributed by atoms with E-state index in [1.165, 1.54) is 9.75 Å². The molecule has 0 aliphatic rings. The van der Waals surface area contributed by atoms with E-state index in [1.807, 2.05) is 29.3 Å². The van der Waals surface area contributed by atoms with E-state index >= 15 is 0 Å². The fourth-order valence-electron chi connectivity index (χ4n) is 1.78. The molecule has 0 unspecified atom stereocenters. The van der Waals surface area contributed by atoms with E-state index in [1.54, 1.807) is 22.7 Å². The Kier molecular flexibility index (Phi) is 5.42. The molecular formula is C14H18N2OS2. The van der Waals surface area contributed by atoms with E-state index in [4.69, 9.17) is 0 Å². The highest BCUT2D eigenvalue weighted by atomic mass is 32.1. The summed E-state index contributed by atoms with van der Waals surface area (Å²) in [5.74, 6) is 0. The SMILES string of the molecule is CCN(Cc1cccs1)C(=O)NCCc1cccs1. The van der Waals surface area contributed by atoms with Crippen molar-refractivity contribution in [3.8, 4) is 0 Å². The maximum atomic E-state index is 12.1. The van der Waals surface area contributed by atoms with Crippen LogP contribution in [0.15, 0.2) is 35.0 Å². The van der Waals surface area contributed by atoms with Gasteiger partial charge in [0, 0.05) is 22.8 Å². The van der Waals surface area contributed by atoms with Crippen molar-refractivity contribution in [3.05, 3.63) is 44.8 Å². The van der Waals surface area contributed by atoms with E-state index in [-0.39, 0.29) is 6.03 Å². The van der Waals surface area contributed by atoms with Crippen LogP contribution in [0.5, 0.6) is 0 Å². The number of nitrogens with one attached hydrogen (secondary N) is 1. The molecule has 2 aromatic heterocycles. The summed E-state index contributed by atoms with van der Waals surface area (Å²) >= 11 is 3.42. The molecule has 1 N–H and O–H groups in total. The summed E-state index contributed by atoms with van der Waals surface area (Å²) in [6.07, 6.45) is 0.903. The van der Waals surface area contributed by atoms with Gasteiger partial charge in [-0.3, -0.25) is 0 Å². The molecule has 2 heterocycles. The van der Waals surface area contributed by atoms with Gasteiger partial charge >= 0.3 is 6.03 Å². The molecule has 0 saturated heterocycles. The zero-order valence-electron chi connectivity index (χ0n) is 11.0. The fraction of sp³-hybridized carbons (Fsp3) is 0.357. The van der Waals surface area contributed by atoms with E-state index < -0.39 is 0 Å². The van der Waals surface area contributed by atoms with Crippen LogP contribution >= 0.6 is 22.7 Å². The topological polar surface area (TPSA) is 32.3 Å². The number of nitrogens with zero attached hydrogens (tertiary/aromatic N) is 1. The first-order valence-electron chi connectivity index (χ1n) is 6.37. The summed E-state index contributed by atoms with van der Waals surface area (Å²) in [7, 11) is 0. The minimum Gasteiger partial charge on any atom is -0.338 e. The normalized spacial score (nSPS) is 10.4. The van der Waals surface area contributed by atoms with Crippen molar-refractivity contribution in [2.24, 2.45) is 0 Å². The van der Waals surface area contributed by atoms with Crippen molar-refractivity contribution in [2.45, 2.75) is 19.9 Å². The van der Waals surface area contributed by atoms with Crippen molar-refractivity contribution in [1.29, 1.82) is 0 Å². The highest BCUT2D eigenvalue weighted by Crippen LogP contribution is 2.12. The van der Waals surface area contributed by atoms with Gasteiger partial charge in [0.15, 0.2) is 0 Å². The Morgan fingerprint density at radius 2 is 1.89 bits per heavy atom. The van der Waals surface area contributed by atoms with Crippen LogP contribution in [-0.4, -0.2) is 24.0 Å². The second-order valence-corrected chi connectivity index (χ2v) is 6.22. The molecular weight excluding hydrogens is 276 g/mol. The number of hydrogen-bond donors (Lipinski definition) is 1. The van der Waals surface area contributed by atoms with E-state index in [0.717, 1.165) is 13.0 Å².